The number of H-pyrrole nitrogens is 1. The second-order valence-electron chi connectivity index (χ2n) is 7.36. The van der Waals surface area contributed by atoms with E-state index < -0.39 is 22.7 Å². The number of pyridine rings is 1. The highest BCUT2D eigenvalue weighted by atomic mass is 19.4. The van der Waals surface area contributed by atoms with Gasteiger partial charge in [0.05, 0.1) is 17.3 Å². The van der Waals surface area contributed by atoms with Crippen LogP contribution in [0.25, 0.3) is 11.0 Å². The van der Waals surface area contributed by atoms with Crippen molar-refractivity contribution in [1.82, 2.24) is 29.4 Å². The van der Waals surface area contributed by atoms with Crippen molar-refractivity contribution in [2.45, 2.75) is 38.4 Å². The summed E-state index contributed by atoms with van der Waals surface area (Å²) in [6.07, 6.45) is 1.28. The van der Waals surface area contributed by atoms with Gasteiger partial charge in [-0.15, -0.1) is 0 Å². The van der Waals surface area contributed by atoms with Gasteiger partial charge in [0.15, 0.2) is 5.65 Å². The first-order valence-electron chi connectivity index (χ1n) is 9.44. The van der Waals surface area contributed by atoms with Crippen LogP contribution in [0.1, 0.15) is 35.8 Å². The topological polar surface area (TPSA) is 96.8 Å². The third-order valence-corrected chi connectivity index (χ3v) is 5.19. The Labute approximate surface area is 168 Å². The molecule has 0 aliphatic carbocycles. The Kier molecular flexibility index (Phi) is 5.04. The third-order valence-electron chi connectivity index (χ3n) is 5.19. The van der Waals surface area contributed by atoms with Crippen molar-refractivity contribution in [1.29, 1.82) is 0 Å². The van der Waals surface area contributed by atoms with Crippen LogP contribution >= 0.6 is 0 Å². The maximum absolute atomic E-state index is 13.7. The van der Waals surface area contributed by atoms with Gasteiger partial charge in [0, 0.05) is 37.1 Å². The molecule has 0 spiro atoms. The van der Waals surface area contributed by atoms with Crippen molar-refractivity contribution in [3.63, 3.8) is 0 Å². The third kappa shape index (κ3) is 3.91. The number of aromatic nitrogens is 5. The molecule has 4 rings (SSSR count). The Bertz CT molecular complexity index is 1140. The molecular formula is C19H19F3N6O2. The molecular weight excluding hydrogens is 401 g/mol. The van der Waals surface area contributed by atoms with Gasteiger partial charge in [-0.1, -0.05) is 0 Å². The smallest absolute Gasteiger partial charge is 0.340 e. The van der Waals surface area contributed by atoms with Crippen LogP contribution in [0.2, 0.25) is 0 Å². The number of halogens is 3. The number of aryl methyl sites for hydroxylation is 1. The molecule has 1 aliphatic heterocycles. The summed E-state index contributed by atoms with van der Waals surface area (Å²) in [5.74, 6) is -0.330. The van der Waals surface area contributed by atoms with E-state index in [4.69, 9.17) is 0 Å². The predicted octanol–water partition coefficient (Wildman–Crippen LogP) is 2.25. The molecule has 158 valence electrons. The molecule has 1 saturated heterocycles. The van der Waals surface area contributed by atoms with Crippen LogP contribution in [0.3, 0.4) is 0 Å². The molecule has 0 aromatic carbocycles. The molecule has 1 fully saturated rings. The number of aromatic amines is 1. The number of piperidine rings is 1. The molecule has 0 saturated carbocycles. The number of rotatable bonds is 3. The van der Waals surface area contributed by atoms with E-state index in [1.807, 2.05) is 0 Å². The molecule has 0 bridgehead atoms. The lowest BCUT2D eigenvalue weighted by Gasteiger charge is -2.33. The number of fused-ring (bicyclic) bond motifs is 1. The quantitative estimate of drug-likeness (QED) is 0.701. The number of imidazole rings is 1. The minimum Gasteiger partial charge on any atom is -0.340 e. The number of nitrogens with zero attached hydrogens (tertiary/aromatic N) is 5. The number of carbonyl (C=O) groups excluding carboxylic acids is 1. The molecule has 30 heavy (non-hydrogen) atoms. The fourth-order valence-corrected chi connectivity index (χ4v) is 3.78. The van der Waals surface area contributed by atoms with Crippen molar-refractivity contribution in [2.75, 3.05) is 13.1 Å². The molecule has 3 aromatic rings. The van der Waals surface area contributed by atoms with Gasteiger partial charge in [0.2, 0.25) is 5.91 Å². The van der Waals surface area contributed by atoms with E-state index >= 15 is 0 Å². The van der Waals surface area contributed by atoms with Crippen molar-refractivity contribution < 1.29 is 18.0 Å². The first kappa shape index (κ1) is 20.0. The van der Waals surface area contributed by atoms with Crippen LogP contribution in [0.15, 0.2) is 29.6 Å². The van der Waals surface area contributed by atoms with Crippen LogP contribution < -0.4 is 5.56 Å². The van der Waals surface area contributed by atoms with Crippen LogP contribution in [0, 0.1) is 6.92 Å². The van der Waals surface area contributed by atoms with Gasteiger partial charge in [-0.2, -0.15) is 13.2 Å². The molecule has 3 aromatic heterocycles. The van der Waals surface area contributed by atoms with Crippen LogP contribution in [-0.2, 0) is 17.5 Å². The zero-order valence-electron chi connectivity index (χ0n) is 16.1. The zero-order chi connectivity index (χ0) is 21.5. The highest BCUT2D eigenvalue weighted by Gasteiger charge is 2.36. The molecule has 0 radical (unpaired) electrons. The van der Waals surface area contributed by atoms with Crippen molar-refractivity contribution in [3.8, 4) is 0 Å². The largest absolute Gasteiger partial charge is 0.417 e. The zero-order valence-corrected chi connectivity index (χ0v) is 16.1. The summed E-state index contributed by atoms with van der Waals surface area (Å²) in [5, 5.41) is -0.569. The maximum Gasteiger partial charge on any atom is 0.417 e. The highest BCUT2D eigenvalue weighted by molar-refractivity contribution is 5.79. The van der Waals surface area contributed by atoms with Gasteiger partial charge < -0.3 is 14.5 Å². The maximum atomic E-state index is 13.7. The Balaban J connectivity index is 1.68. The number of likely N-dealkylation sites (tertiary alicyclic amines) is 1. The Morgan fingerprint density at radius 2 is 2.13 bits per heavy atom. The van der Waals surface area contributed by atoms with Crippen LogP contribution in [0.5, 0.6) is 0 Å². The van der Waals surface area contributed by atoms with Gasteiger partial charge in [-0.05, 0) is 25.8 Å². The number of alkyl halides is 3. The van der Waals surface area contributed by atoms with Crippen LogP contribution in [0.4, 0.5) is 13.2 Å². The number of carbonyl (C=O) groups is 1. The first-order valence-corrected chi connectivity index (χ1v) is 9.44. The van der Waals surface area contributed by atoms with Gasteiger partial charge in [0.25, 0.3) is 5.56 Å². The number of hydrogen-bond acceptors (Lipinski definition) is 5. The lowest BCUT2D eigenvalue weighted by atomic mass is 9.92. The molecule has 0 unspecified atom stereocenters. The van der Waals surface area contributed by atoms with Gasteiger partial charge in [-0.3, -0.25) is 9.59 Å². The van der Waals surface area contributed by atoms with E-state index in [-0.39, 0.29) is 42.1 Å². The van der Waals surface area contributed by atoms with E-state index in [9.17, 15) is 22.8 Å². The summed E-state index contributed by atoms with van der Waals surface area (Å²) in [7, 11) is 0. The summed E-state index contributed by atoms with van der Waals surface area (Å²) in [4.78, 5) is 40.9. The van der Waals surface area contributed by atoms with E-state index in [0.717, 1.165) is 6.07 Å². The second-order valence-corrected chi connectivity index (χ2v) is 7.36. The standard InChI is InChI=1S/C19H19F3N6O2/c1-11-24-17-16(18(30)25-11)13(19(20,21)22)7-14(26-17)12-3-2-5-28(8-12)15(29)9-27-6-4-23-10-27/h4,6-7,10,12H,2-3,5,8-9H2,1H3,(H,24,25,26,30)/t12-/m0/s1. The summed E-state index contributed by atoms with van der Waals surface area (Å²) in [6.45, 7) is 2.38. The Morgan fingerprint density at radius 3 is 2.83 bits per heavy atom. The summed E-state index contributed by atoms with van der Waals surface area (Å²) < 4.78 is 42.7. The first-order chi connectivity index (χ1) is 14.2. The monoisotopic (exact) mass is 420 g/mol. The van der Waals surface area contributed by atoms with E-state index in [1.165, 1.54) is 13.3 Å². The number of nitrogens with one attached hydrogen (secondary N) is 1. The van der Waals surface area contributed by atoms with E-state index in [2.05, 4.69) is 19.9 Å². The molecule has 1 amide bonds. The average molecular weight is 420 g/mol. The molecule has 8 nitrogen and oxygen atoms in total. The van der Waals surface area contributed by atoms with Crippen LogP contribution in [-0.4, -0.2) is 48.4 Å². The number of amides is 1. The van der Waals surface area contributed by atoms with Gasteiger partial charge in [-0.25, -0.2) is 15.0 Å². The predicted molar refractivity (Wildman–Crippen MR) is 101 cm³/mol. The minimum absolute atomic E-state index is 0.113. The lowest BCUT2D eigenvalue weighted by Crippen LogP contribution is -2.41. The molecule has 4 heterocycles. The highest BCUT2D eigenvalue weighted by Crippen LogP contribution is 2.36. The summed E-state index contributed by atoms with van der Waals surface area (Å²) in [6, 6.07) is 0.920. The Hall–Kier alpha value is -3.24. The SMILES string of the molecule is Cc1nc2nc([C@H]3CCCN(C(=O)Cn4ccnc4)C3)cc(C(F)(F)F)c2c(=O)[nH]1. The van der Waals surface area contributed by atoms with Gasteiger partial charge >= 0.3 is 6.18 Å². The van der Waals surface area contributed by atoms with E-state index in [0.29, 0.717) is 19.4 Å². The van der Waals surface area contributed by atoms with Crippen molar-refractivity contribution in [2.24, 2.45) is 0 Å². The molecule has 1 N–H and O–H groups in total. The molecule has 1 aliphatic rings. The van der Waals surface area contributed by atoms with Crippen molar-refractivity contribution >= 4 is 16.9 Å². The van der Waals surface area contributed by atoms with Crippen molar-refractivity contribution in [3.05, 3.63) is 52.2 Å². The van der Waals surface area contributed by atoms with Gasteiger partial charge in [0.1, 0.15) is 12.4 Å². The minimum atomic E-state index is -4.73. The van der Waals surface area contributed by atoms with E-state index in [1.54, 1.807) is 21.9 Å². The molecule has 11 heteroatoms. The second kappa shape index (κ2) is 7.54. The normalized spacial score (nSPS) is 17.5. The molecule has 1 atom stereocenters. The Morgan fingerprint density at radius 1 is 1.33 bits per heavy atom. The fraction of sp³-hybridized carbons (Fsp3) is 0.421. The summed E-state index contributed by atoms with van der Waals surface area (Å²) >= 11 is 0. The number of hydrogen-bond donors (Lipinski definition) is 1. The summed E-state index contributed by atoms with van der Waals surface area (Å²) in [5.41, 5.74) is -1.97. The fourth-order valence-electron chi connectivity index (χ4n) is 3.78. The lowest BCUT2D eigenvalue weighted by molar-refractivity contribution is -0.136. The average Bonchev–Trinajstić information content (AvgIpc) is 3.19.